The van der Waals surface area contributed by atoms with Crippen molar-refractivity contribution in [2.45, 2.75) is 73.9 Å². The maximum absolute atomic E-state index is 14.2. The largest absolute Gasteiger partial charge is 0.448 e. The van der Waals surface area contributed by atoms with Crippen molar-refractivity contribution in [1.29, 1.82) is 0 Å². The summed E-state index contributed by atoms with van der Waals surface area (Å²) in [6.45, 7) is 1.46. The van der Waals surface area contributed by atoms with Crippen molar-refractivity contribution in [2.75, 3.05) is 32.8 Å². The molecule has 2 aromatic rings. The molecule has 3 heterocycles. The van der Waals surface area contributed by atoms with Crippen LogP contribution in [0.15, 0.2) is 53.4 Å². The molecule has 41 heavy (non-hydrogen) atoms. The number of amides is 1. The number of carbonyl (C=O) groups excluding carboxylic acids is 1. The molecule has 224 valence electrons. The van der Waals surface area contributed by atoms with Gasteiger partial charge in [-0.2, -0.15) is 4.31 Å². The third kappa shape index (κ3) is 7.01. The zero-order valence-electron chi connectivity index (χ0n) is 22.7. The Morgan fingerprint density at radius 1 is 0.976 bits per heavy atom. The highest BCUT2D eigenvalue weighted by atomic mass is 35.5. The van der Waals surface area contributed by atoms with E-state index in [0.717, 1.165) is 0 Å². The maximum atomic E-state index is 14.2. The highest BCUT2D eigenvalue weighted by molar-refractivity contribution is 7.89. The first kappa shape index (κ1) is 30.1. The minimum absolute atomic E-state index is 0.0547. The van der Waals surface area contributed by atoms with Gasteiger partial charge in [0.25, 0.3) is 5.92 Å². The maximum Gasteiger partial charge on any atom is 0.409 e. The first-order chi connectivity index (χ1) is 19.5. The van der Waals surface area contributed by atoms with E-state index < -0.39 is 39.9 Å². The predicted octanol–water partition coefficient (Wildman–Crippen LogP) is 6.10. The van der Waals surface area contributed by atoms with E-state index in [4.69, 9.17) is 16.3 Å². The van der Waals surface area contributed by atoms with E-state index in [9.17, 15) is 26.4 Å². The fraction of sp³-hybridized carbons (Fsp3) is 0.552. The van der Waals surface area contributed by atoms with Gasteiger partial charge in [-0.1, -0.05) is 23.7 Å². The average molecular weight is 614 g/mol. The number of carbonyl (C=O) groups is 1. The van der Waals surface area contributed by atoms with Gasteiger partial charge in [0.1, 0.15) is 12.4 Å². The second-order valence-corrected chi connectivity index (χ2v) is 13.4. The van der Waals surface area contributed by atoms with Gasteiger partial charge in [0.15, 0.2) is 0 Å². The molecule has 2 aromatic carbocycles. The van der Waals surface area contributed by atoms with Gasteiger partial charge in [-0.25, -0.2) is 26.4 Å². The molecular formula is C29H35ClF3N3O4S. The number of alkyl halides is 2. The summed E-state index contributed by atoms with van der Waals surface area (Å²) >= 11 is 6.00. The van der Waals surface area contributed by atoms with Gasteiger partial charge in [0, 0.05) is 50.1 Å². The fourth-order valence-corrected chi connectivity index (χ4v) is 8.19. The van der Waals surface area contributed by atoms with Crippen LogP contribution >= 0.6 is 11.6 Å². The average Bonchev–Trinajstić information content (AvgIpc) is 2.96. The fourth-order valence-electron chi connectivity index (χ4n) is 6.22. The van der Waals surface area contributed by atoms with Crippen molar-refractivity contribution in [2.24, 2.45) is 0 Å². The number of nitrogens with zero attached hydrogens (tertiary/aromatic N) is 3. The number of halogens is 4. The van der Waals surface area contributed by atoms with Crippen LogP contribution in [0.2, 0.25) is 5.02 Å². The zero-order chi connectivity index (χ0) is 29.2. The second kappa shape index (κ2) is 12.5. The second-order valence-electron chi connectivity index (χ2n) is 11.1. The van der Waals surface area contributed by atoms with Crippen molar-refractivity contribution in [3.63, 3.8) is 0 Å². The van der Waals surface area contributed by atoms with Crippen molar-refractivity contribution in [3.05, 3.63) is 64.9 Å². The monoisotopic (exact) mass is 613 g/mol. The van der Waals surface area contributed by atoms with Gasteiger partial charge < -0.3 is 9.64 Å². The summed E-state index contributed by atoms with van der Waals surface area (Å²) in [6, 6.07) is 10.7. The van der Waals surface area contributed by atoms with Crippen molar-refractivity contribution < 1.29 is 31.1 Å². The summed E-state index contributed by atoms with van der Waals surface area (Å²) in [4.78, 5) is 16.8. The first-order valence-electron chi connectivity index (χ1n) is 14.1. The Bertz CT molecular complexity index is 1310. The minimum atomic E-state index is -4.05. The standard InChI is InChI=1S/C29H35ClF3N3O4S/c30-22-7-9-26(10-8-22)41(38,39)36-25(5-2-6-27(36)21-3-1-4-23(31)19-21)20-40-28(37)35-15-11-24(12-16-35)34-17-13-29(32,33)14-18-34/h1,3-4,7-10,19,24-25,27H,2,5-6,11-18,20H2. The van der Waals surface area contributed by atoms with Crippen LogP contribution in [0, 0.1) is 5.82 Å². The topological polar surface area (TPSA) is 70.2 Å². The lowest BCUT2D eigenvalue weighted by atomic mass is 9.93. The Morgan fingerprint density at radius 3 is 2.32 bits per heavy atom. The number of piperidine rings is 3. The van der Waals surface area contributed by atoms with Crippen LogP contribution < -0.4 is 0 Å². The molecule has 0 aliphatic carbocycles. The Kier molecular flexibility index (Phi) is 9.18. The number of likely N-dealkylation sites (tertiary alicyclic amines) is 2. The minimum Gasteiger partial charge on any atom is -0.448 e. The van der Waals surface area contributed by atoms with Crippen LogP contribution in [0.4, 0.5) is 18.0 Å². The predicted molar refractivity (Wildman–Crippen MR) is 149 cm³/mol. The normalized spacial score (nSPS) is 24.7. The lowest BCUT2D eigenvalue weighted by Crippen LogP contribution is -2.51. The van der Waals surface area contributed by atoms with E-state index in [1.807, 2.05) is 0 Å². The summed E-state index contributed by atoms with van der Waals surface area (Å²) in [5, 5.41) is 0.400. The van der Waals surface area contributed by atoms with Gasteiger partial charge in [-0.3, -0.25) is 4.90 Å². The number of ether oxygens (including phenoxy) is 1. The number of sulfonamides is 1. The molecule has 0 aromatic heterocycles. The van der Waals surface area contributed by atoms with E-state index in [-0.39, 0.29) is 30.4 Å². The molecule has 2 unspecified atom stereocenters. The molecule has 5 rings (SSSR count). The molecule has 3 saturated heterocycles. The molecule has 7 nitrogen and oxygen atoms in total. The van der Waals surface area contributed by atoms with E-state index in [1.165, 1.54) is 40.7 Å². The van der Waals surface area contributed by atoms with E-state index >= 15 is 0 Å². The Labute approximate surface area is 244 Å². The molecule has 0 N–H and O–H groups in total. The summed E-state index contributed by atoms with van der Waals surface area (Å²) in [5.41, 5.74) is 0.538. The molecule has 0 saturated carbocycles. The molecule has 0 bridgehead atoms. The van der Waals surface area contributed by atoms with Gasteiger partial charge in [0.05, 0.1) is 17.0 Å². The smallest absolute Gasteiger partial charge is 0.409 e. The van der Waals surface area contributed by atoms with Crippen LogP contribution in [0.5, 0.6) is 0 Å². The molecule has 3 aliphatic heterocycles. The van der Waals surface area contributed by atoms with Crippen LogP contribution in [0.1, 0.15) is 56.6 Å². The highest BCUT2D eigenvalue weighted by Gasteiger charge is 2.42. The molecule has 0 radical (unpaired) electrons. The summed E-state index contributed by atoms with van der Waals surface area (Å²) in [7, 11) is -4.05. The van der Waals surface area contributed by atoms with E-state index in [1.54, 1.807) is 17.0 Å². The van der Waals surface area contributed by atoms with Crippen LogP contribution in [-0.2, 0) is 14.8 Å². The van der Waals surface area contributed by atoms with Crippen LogP contribution in [-0.4, -0.2) is 79.4 Å². The Morgan fingerprint density at radius 2 is 1.66 bits per heavy atom. The molecular weight excluding hydrogens is 579 g/mol. The zero-order valence-corrected chi connectivity index (χ0v) is 24.3. The van der Waals surface area contributed by atoms with E-state index in [0.29, 0.717) is 68.9 Å². The number of benzene rings is 2. The molecule has 0 spiro atoms. The van der Waals surface area contributed by atoms with Crippen molar-refractivity contribution in [1.82, 2.24) is 14.1 Å². The van der Waals surface area contributed by atoms with E-state index in [2.05, 4.69) is 4.90 Å². The number of hydrogen-bond donors (Lipinski definition) is 0. The third-order valence-electron chi connectivity index (χ3n) is 8.47. The Hall–Kier alpha value is -2.34. The quantitative estimate of drug-likeness (QED) is 0.394. The van der Waals surface area contributed by atoms with Crippen LogP contribution in [0.3, 0.4) is 0 Å². The van der Waals surface area contributed by atoms with Gasteiger partial charge >= 0.3 is 6.09 Å². The lowest BCUT2D eigenvalue weighted by molar-refractivity contribution is -0.0672. The number of hydrogen-bond acceptors (Lipinski definition) is 5. The number of rotatable bonds is 6. The first-order valence-corrected chi connectivity index (χ1v) is 15.9. The van der Waals surface area contributed by atoms with Gasteiger partial charge in [0.2, 0.25) is 10.0 Å². The summed E-state index contributed by atoms with van der Waals surface area (Å²) < 4.78 is 76.2. The van der Waals surface area contributed by atoms with Crippen LogP contribution in [0.25, 0.3) is 0 Å². The van der Waals surface area contributed by atoms with Gasteiger partial charge in [-0.05, 0) is 74.1 Å². The molecule has 3 fully saturated rings. The highest BCUT2D eigenvalue weighted by Crippen LogP contribution is 2.39. The summed E-state index contributed by atoms with van der Waals surface area (Å²) in [6.07, 6.45) is 2.20. The van der Waals surface area contributed by atoms with Gasteiger partial charge in [-0.15, -0.1) is 0 Å². The summed E-state index contributed by atoms with van der Waals surface area (Å²) in [5.74, 6) is -3.05. The Balaban J connectivity index is 1.27. The molecule has 2 atom stereocenters. The third-order valence-corrected chi connectivity index (χ3v) is 10.7. The molecule has 1 amide bonds. The van der Waals surface area contributed by atoms with Crippen molar-refractivity contribution >= 4 is 27.7 Å². The van der Waals surface area contributed by atoms with Crippen molar-refractivity contribution in [3.8, 4) is 0 Å². The SMILES string of the molecule is O=C(OCC1CCCC(c2cccc(F)c2)N1S(=O)(=O)c1ccc(Cl)cc1)N1CCC(N2CCC(F)(F)CC2)CC1. The molecule has 3 aliphatic rings. The lowest BCUT2D eigenvalue weighted by Gasteiger charge is -2.42. The molecule has 12 heteroatoms.